The van der Waals surface area contributed by atoms with Gasteiger partial charge in [-0.25, -0.2) is 0 Å². The smallest absolute Gasteiger partial charge is 0.253 e. The Morgan fingerprint density at radius 3 is 2.86 bits per heavy atom. The van der Waals surface area contributed by atoms with Gasteiger partial charge < -0.3 is 25.0 Å². The number of morpholine rings is 1. The molecule has 0 aliphatic carbocycles. The van der Waals surface area contributed by atoms with Crippen molar-refractivity contribution in [3.8, 4) is 5.75 Å². The molecule has 1 amide bonds. The molecule has 6 heteroatoms. The van der Waals surface area contributed by atoms with Gasteiger partial charge in [-0.3, -0.25) is 4.79 Å². The molecule has 2 saturated heterocycles. The van der Waals surface area contributed by atoms with Crippen LogP contribution in [0.4, 0.5) is 0 Å². The average Bonchev–Trinajstić information content (AvgIpc) is 2.62. The molecular weight excluding hydrogens is 282 g/mol. The molecule has 2 fully saturated rings. The van der Waals surface area contributed by atoms with Crippen molar-refractivity contribution in [2.24, 2.45) is 0 Å². The molecule has 0 spiro atoms. The Kier molecular flexibility index (Phi) is 4.92. The summed E-state index contributed by atoms with van der Waals surface area (Å²) in [6, 6.07) is 7.86. The molecule has 1 aromatic carbocycles. The highest BCUT2D eigenvalue weighted by molar-refractivity contribution is 5.82. The maximum Gasteiger partial charge on any atom is 0.253 e. The standard InChI is InChI=1S/C16H23N3O3/c1-21-14-5-3-2-4-12(14)13-10-17-6-8-19(13)16(20)15-11-18-7-9-22-15/h2-5,13,15,17-18H,6-11H2,1H3/t13?,15-/m0/s1. The maximum absolute atomic E-state index is 12.8. The third kappa shape index (κ3) is 3.09. The van der Waals surface area contributed by atoms with Crippen molar-refractivity contribution in [2.75, 3.05) is 46.4 Å². The van der Waals surface area contributed by atoms with Crippen LogP contribution in [0.1, 0.15) is 11.6 Å². The van der Waals surface area contributed by atoms with Gasteiger partial charge in [-0.2, -0.15) is 0 Å². The summed E-state index contributed by atoms with van der Waals surface area (Å²) in [5.74, 6) is 0.876. The van der Waals surface area contributed by atoms with Crippen LogP contribution in [0.15, 0.2) is 24.3 Å². The SMILES string of the molecule is COc1ccccc1C1CNCCN1C(=O)[C@@H]1CNCCO1. The van der Waals surface area contributed by atoms with Crippen LogP contribution in [0.5, 0.6) is 5.75 Å². The van der Waals surface area contributed by atoms with Crippen LogP contribution in [0, 0.1) is 0 Å². The highest BCUT2D eigenvalue weighted by Crippen LogP contribution is 2.30. The Balaban J connectivity index is 1.83. The lowest BCUT2D eigenvalue weighted by Gasteiger charge is -2.39. The topological polar surface area (TPSA) is 62.8 Å². The van der Waals surface area contributed by atoms with Gasteiger partial charge >= 0.3 is 0 Å². The van der Waals surface area contributed by atoms with Crippen LogP contribution in [-0.2, 0) is 9.53 Å². The second-order valence-corrected chi connectivity index (χ2v) is 5.56. The molecule has 1 aromatic rings. The molecule has 2 N–H and O–H groups in total. The fourth-order valence-corrected chi connectivity index (χ4v) is 3.10. The molecule has 0 radical (unpaired) electrons. The Hall–Kier alpha value is -1.63. The molecule has 22 heavy (non-hydrogen) atoms. The van der Waals surface area contributed by atoms with Crippen LogP contribution >= 0.6 is 0 Å². The van der Waals surface area contributed by atoms with Crippen LogP contribution < -0.4 is 15.4 Å². The van der Waals surface area contributed by atoms with E-state index in [0.717, 1.165) is 30.9 Å². The fourth-order valence-electron chi connectivity index (χ4n) is 3.10. The van der Waals surface area contributed by atoms with E-state index in [1.165, 1.54) is 0 Å². The number of benzene rings is 1. The predicted octanol–water partition coefficient (Wildman–Crippen LogP) is 0.157. The first-order valence-corrected chi connectivity index (χ1v) is 7.77. The Morgan fingerprint density at radius 1 is 1.27 bits per heavy atom. The highest BCUT2D eigenvalue weighted by Gasteiger charge is 2.34. The van der Waals surface area contributed by atoms with Crippen LogP contribution in [-0.4, -0.2) is 63.4 Å². The first-order valence-electron chi connectivity index (χ1n) is 7.77. The predicted molar refractivity (Wildman–Crippen MR) is 82.9 cm³/mol. The molecule has 0 aromatic heterocycles. The Bertz CT molecular complexity index is 517. The van der Waals surface area contributed by atoms with Gasteiger partial charge in [0.15, 0.2) is 0 Å². The summed E-state index contributed by atoms with van der Waals surface area (Å²) in [6.07, 6.45) is -0.385. The summed E-state index contributed by atoms with van der Waals surface area (Å²) in [7, 11) is 1.66. The number of amides is 1. The van der Waals surface area contributed by atoms with Crippen LogP contribution in [0.3, 0.4) is 0 Å². The van der Waals surface area contributed by atoms with Gasteiger partial charge in [-0.05, 0) is 6.07 Å². The third-order valence-electron chi connectivity index (χ3n) is 4.23. The number of nitrogens with one attached hydrogen (secondary N) is 2. The first kappa shape index (κ1) is 15.3. The van der Waals surface area contributed by atoms with Crippen LogP contribution in [0.25, 0.3) is 0 Å². The van der Waals surface area contributed by atoms with Gasteiger partial charge in [0.05, 0.1) is 19.8 Å². The van der Waals surface area contributed by atoms with E-state index in [1.54, 1.807) is 7.11 Å². The summed E-state index contributed by atoms with van der Waals surface area (Å²) in [6.45, 7) is 4.19. The van der Waals surface area contributed by atoms with E-state index in [-0.39, 0.29) is 18.1 Å². The van der Waals surface area contributed by atoms with E-state index in [2.05, 4.69) is 10.6 Å². The monoisotopic (exact) mass is 305 g/mol. The Labute approximate surface area is 130 Å². The molecule has 3 rings (SSSR count). The summed E-state index contributed by atoms with van der Waals surface area (Å²) >= 11 is 0. The molecule has 1 unspecified atom stereocenters. The van der Waals surface area contributed by atoms with Gasteiger partial charge in [-0.15, -0.1) is 0 Å². The molecule has 2 aliphatic heterocycles. The molecule has 2 atom stereocenters. The van der Waals surface area contributed by atoms with Crippen molar-refractivity contribution >= 4 is 5.91 Å². The van der Waals surface area contributed by atoms with Crippen molar-refractivity contribution in [3.05, 3.63) is 29.8 Å². The zero-order valence-electron chi connectivity index (χ0n) is 12.9. The number of hydrogen-bond acceptors (Lipinski definition) is 5. The van der Waals surface area contributed by atoms with Gasteiger partial charge in [0.1, 0.15) is 11.9 Å². The maximum atomic E-state index is 12.8. The highest BCUT2D eigenvalue weighted by atomic mass is 16.5. The number of rotatable bonds is 3. The lowest BCUT2D eigenvalue weighted by molar-refractivity contribution is -0.148. The van der Waals surface area contributed by atoms with E-state index in [0.29, 0.717) is 19.7 Å². The average molecular weight is 305 g/mol. The fraction of sp³-hybridized carbons (Fsp3) is 0.562. The molecule has 0 bridgehead atoms. The van der Waals surface area contributed by atoms with E-state index in [4.69, 9.17) is 9.47 Å². The van der Waals surface area contributed by atoms with E-state index >= 15 is 0 Å². The van der Waals surface area contributed by atoms with Gasteiger partial charge in [0.25, 0.3) is 5.91 Å². The minimum Gasteiger partial charge on any atom is -0.496 e. The number of carbonyl (C=O) groups is 1. The summed E-state index contributed by atoms with van der Waals surface area (Å²) in [5.41, 5.74) is 1.04. The van der Waals surface area contributed by atoms with Crippen molar-refractivity contribution in [2.45, 2.75) is 12.1 Å². The van der Waals surface area contributed by atoms with E-state index < -0.39 is 0 Å². The minimum atomic E-state index is -0.385. The lowest BCUT2D eigenvalue weighted by atomic mass is 10.0. The normalized spacial score (nSPS) is 25.8. The number of carbonyl (C=O) groups excluding carboxylic acids is 1. The summed E-state index contributed by atoms with van der Waals surface area (Å²) in [4.78, 5) is 14.8. The zero-order valence-corrected chi connectivity index (χ0v) is 12.9. The van der Waals surface area contributed by atoms with Crippen molar-refractivity contribution in [1.29, 1.82) is 0 Å². The van der Waals surface area contributed by atoms with Crippen LogP contribution in [0.2, 0.25) is 0 Å². The van der Waals surface area contributed by atoms with Gasteiger partial charge in [0.2, 0.25) is 0 Å². The number of ether oxygens (including phenoxy) is 2. The molecule has 2 heterocycles. The number of nitrogens with zero attached hydrogens (tertiary/aromatic N) is 1. The quantitative estimate of drug-likeness (QED) is 0.833. The number of piperazine rings is 1. The van der Waals surface area contributed by atoms with E-state index in [9.17, 15) is 4.79 Å². The van der Waals surface area contributed by atoms with E-state index in [1.807, 2.05) is 29.2 Å². The van der Waals surface area contributed by atoms with Crippen molar-refractivity contribution in [3.63, 3.8) is 0 Å². The third-order valence-corrected chi connectivity index (χ3v) is 4.23. The van der Waals surface area contributed by atoms with Crippen molar-refractivity contribution in [1.82, 2.24) is 15.5 Å². The van der Waals surface area contributed by atoms with Gasteiger partial charge in [-0.1, -0.05) is 18.2 Å². The number of para-hydroxylation sites is 1. The minimum absolute atomic E-state index is 0.0251. The van der Waals surface area contributed by atoms with Crippen molar-refractivity contribution < 1.29 is 14.3 Å². The Morgan fingerprint density at radius 2 is 2.09 bits per heavy atom. The number of methoxy groups -OCH3 is 1. The lowest BCUT2D eigenvalue weighted by Crippen LogP contribution is -2.55. The zero-order chi connectivity index (χ0) is 15.4. The number of hydrogen-bond donors (Lipinski definition) is 2. The second kappa shape index (κ2) is 7.09. The molecule has 2 aliphatic rings. The first-order chi connectivity index (χ1) is 10.8. The largest absolute Gasteiger partial charge is 0.496 e. The second-order valence-electron chi connectivity index (χ2n) is 5.56. The molecular formula is C16H23N3O3. The molecule has 6 nitrogen and oxygen atoms in total. The van der Waals surface area contributed by atoms with Gasteiger partial charge in [0, 0.05) is 38.3 Å². The summed E-state index contributed by atoms with van der Waals surface area (Å²) < 4.78 is 11.1. The molecule has 120 valence electrons. The molecule has 0 saturated carbocycles. The summed E-state index contributed by atoms with van der Waals surface area (Å²) in [5, 5.41) is 6.59.